The van der Waals surface area contributed by atoms with Crippen LogP contribution in [-0.2, 0) is 0 Å². The minimum absolute atomic E-state index is 0.374. The van der Waals surface area contributed by atoms with E-state index in [0.29, 0.717) is 5.75 Å². The highest BCUT2D eigenvalue weighted by molar-refractivity contribution is 8.00. The summed E-state index contributed by atoms with van der Waals surface area (Å²) in [6.45, 7) is -0.374. The summed E-state index contributed by atoms with van der Waals surface area (Å²) < 4.78 is 0. The van der Waals surface area contributed by atoms with Crippen molar-refractivity contribution in [3.05, 3.63) is 0 Å². The van der Waals surface area contributed by atoms with Gasteiger partial charge in [-0.25, -0.2) is 0 Å². The van der Waals surface area contributed by atoms with E-state index < -0.39 is 23.6 Å². The van der Waals surface area contributed by atoms with Gasteiger partial charge in [0.15, 0.2) is 0 Å². The van der Waals surface area contributed by atoms with E-state index in [1.165, 1.54) is 11.8 Å². The Morgan fingerprint density at radius 1 is 1.45 bits per heavy atom. The SMILES string of the molecule is OC[C@@H](O)[C@H]1SC[C@H](O)[C@@H]1O. The summed E-state index contributed by atoms with van der Waals surface area (Å²) in [5.74, 6) is 0.420. The normalized spacial score (nSPS) is 40.9. The second-order valence-corrected chi connectivity index (χ2v) is 3.82. The van der Waals surface area contributed by atoms with Crippen molar-refractivity contribution in [2.75, 3.05) is 12.4 Å². The predicted octanol–water partition coefficient (Wildman–Crippen LogP) is -1.82. The van der Waals surface area contributed by atoms with Gasteiger partial charge in [-0.05, 0) is 0 Å². The lowest BCUT2D eigenvalue weighted by molar-refractivity contribution is 0.000870. The van der Waals surface area contributed by atoms with Crippen LogP contribution in [0.1, 0.15) is 0 Å². The Balaban J connectivity index is 2.47. The molecule has 1 fully saturated rings. The molecule has 0 aromatic carbocycles. The largest absolute Gasteiger partial charge is 0.394 e. The molecular formula is C6H12O4S. The zero-order chi connectivity index (χ0) is 8.43. The minimum atomic E-state index is -0.938. The van der Waals surface area contributed by atoms with E-state index in [2.05, 4.69) is 0 Å². The van der Waals surface area contributed by atoms with Crippen molar-refractivity contribution in [2.45, 2.75) is 23.6 Å². The lowest BCUT2D eigenvalue weighted by Gasteiger charge is -2.19. The van der Waals surface area contributed by atoms with E-state index in [1.807, 2.05) is 0 Å². The predicted molar refractivity (Wildman–Crippen MR) is 41.4 cm³/mol. The van der Waals surface area contributed by atoms with E-state index in [4.69, 9.17) is 15.3 Å². The molecule has 0 aliphatic carbocycles. The molecule has 0 spiro atoms. The molecule has 66 valence electrons. The molecule has 0 aromatic heterocycles. The zero-order valence-electron chi connectivity index (χ0n) is 5.92. The topological polar surface area (TPSA) is 80.9 Å². The smallest absolute Gasteiger partial charge is 0.0951 e. The fraction of sp³-hybridized carbons (Fsp3) is 1.00. The van der Waals surface area contributed by atoms with Crippen LogP contribution in [0.3, 0.4) is 0 Å². The highest BCUT2D eigenvalue weighted by atomic mass is 32.2. The molecule has 4 atom stereocenters. The second-order valence-electron chi connectivity index (χ2n) is 2.61. The Labute approximate surface area is 68.9 Å². The maximum atomic E-state index is 9.22. The molecule has 1 heterocycles. The van der Waals surface area contributed by atoms with Gasteiger partial charge in [-0.15, -0.1) is 0 Å². The number of hydrogen-bond acceptors (Lipinski definition) is 5. The molecule has 1 aliphatic rings. The number of aliphatic hydroxyl groups excluding tert-OH is 4. The molecule has 0 amide bonds. The van der Waals surface area contributed by atoms with Crippen LogP contribution in [0.2, 0.25) is 0 Å². The van der Waals surface area contributed by atoms with Crippen molar-refractivity contribution in [2.24, 2.45) is 0 Å². The highest BCUT2D eigenvalue weighted by Gasteiger charge is 2.38. The molecule has 4 nitrogen and oxygen atoms in total. The monoisotopic (exact) mass is 180 g/mol. The lowest BCUT2D eigenvalue weighted by Crippen LogP contribution is -2.38. The van der Waals surface area contributed by atoms with Crippen LogP contribution in [-0.4, -0.2) is 56.3 Å². The number of rotatable bonds is 2. The Bertz CT molecular complexity index is 132. The maximum Gasteiger partial charge on any atom is 0.0951 e. The van der Waals surface area contributed by atoms with Gasteiger partial charge in [-0.2, -0.15) is 11.8 Å². The molecule has 0 saturated carbocycles. The molecule has 4 N–H and O–H groups in total. The summed E-state index contributed by atoms with van der Waals surface area (Å²) in [7, 11) is 0. The Morgan fingerprint density at radius 2 is 2.09 bits per heavy atom. The van der Waals surface area contributed by atoms with Gasteiger partial charge >= 0.3 is 0 Å². The third-order valence-electron chi connectivity index (χ3n) is 1.76. The molecule has 11 heavy (non-hydrogen) atoms. The molecule has 0 bridgehead atoms. The van der Waals surface area contributed by atoms with Gasteiger partial charge in [0.25, 0.3) is 0 Å². The van der Waals surface area contributed by atoms with Gasteiger partial charge < -0.3 is 20.4 Å². The van der Waals surface area contributed by atoms with E-state index in [9.17, 15) is 5.11 Å². The van der Waals surface area contributed by atoms with Crippen LogP contribution < -0.4 is 0 Å². The molecule has 0 aromatic rings. The quantitative estimate of drug-likeness (QED) is 0.402. The summed E-state index contributed by atoms with van der Waals surface area (Å²) in [5, 5.41) is 35.5. The standard InChI is InChI=1S/C6H12O4S/c7-1-3(8)6-5(10)4(9)2-11-6/h3-10H,1-2H2/t3-,4+,5+,6-/m1/s1. The van der Waals surface area contributed by atoms with E-state index in [0.717, 1.165) is 0 Å². The molecule has 1 aliphatic heterocycles. The Hall–Kier alpha value is 0.190. The minimum Gasteiger partial charge on any atom is -0.394 e. The first-order chi connectivity index (χ1) is 5.16. The average molecular weight is 180 g/mol. The first-order valence-electron chi connectivity index (χ1n) is 3.43. The molecule has 1 rings (SSSR count). The fourth-order valence-corrected chi connectivity index (χ4v) is 2.37. The third kappa shape index (κ3) is 1.86. The third-order valence-corrected chi connectivity index (χ3v) is 3.27. The molecule has 0 unspecified atom stereocenters. The van der Waals surface area contributed by atoms with Gasteiger partial charge in [0.1, 0.15) is 0 Å². The fourth-order valence-electron chi connectivity index (χ4n) is 1.07. The highest BCUT2D eigenvalue weighted by Crippen LogP contribution is 2.29. The van der Waals surface area contributed by atoms with E-state index in [-0.39, 0.29) is 6.61 Å². The van der Waals surface area contributed by atoms with Crippen molar-refractivity contribution in [1.29, 1.82) is 0 Å². The van der Waals surface area contributed by atoms with Crippen LogP contribution in [0.4, 0.5) is 0 Å². The Morgan fingerprint density at radius 3 is 2.45 bits per heavy atom. The Kier molecular flexibility index (Phi) is 3.15. The van der Waals surface area contributed by atoms with E-state index in [1.54, 1.807) is 0 Å². The number of thioether (sulfide) groups is 1. The lowest BCUT2D eigenvalue weighted by atomic mass is 10.1. The van der Waals surface area contributed by atoms with Gasteiger partial charge in [-0.1, -0.05) is 0 Å². The molecule has 1 saturated heterocycles. The summed E-state index contributed by atoms with van der Waals surface area (Å²) in [6, 6.07) is 0. The average Bonchev–Trinajstić information content (AvgIpc) is 2.32. The van der Waals surface area contributed by atoms with Crippen molar-refractivity contribution in [1.82, 2.24) is 0 Å². The van der Waals surface area contributed by atoms with Crippen LogP contribution >= 0.6 is 11.8 Å². The molecule has 5 heteroatoms. The summed E-state index contributed by atoms with van der Waals surface area (Å²) in [5.41, 5.74) is 0. The number of hydrogen-bond donors (Lipinski definition) is 4. The van der Waals surface area contributed by atoms with Gasteiger partial charge in [0.05, 0.1) is 30.2 Å². The summed E-state index contributed by atoms with van der Waals surface area (Å²) in [6.07, 6.45) is -2.62. The zero-order valence-corrected chi connectivity index (χ0v) is 6.74. The van der Waals surface area contributed by atoms with Gasteiger partial charge in [0, 0.05) is 5.75 Å². The van der Waals surface area contributed by atoms with Crippen molar-refractivity contribution in [3.8, 4) is 0 Å². The van der Waals surface area contributed by atoms with Crippen LogP contribution in [0, 0.1) is 0 Å². The first-order valence-corrected chi connectivity index (χ1v) is 4.48. The van der Waals surface area contributed by atoms with Crippen molar-refractivity contribution in [3.63, 3.8) is 0 Å². The number of aliphatic hydroxyl groups is 4. The van der Waals surface area contributed by atoms with E-state index >= 15 is 0 Å². The maximum absolute atomic E-state index is 9.22. The molecular weight excluding hydrogens is 168 g/mol. The van der Waals surface area contributed by atoms with Crippen molar-refractivity contribution >= 4 is 11.8 Å². The first kappa shape index (κ1) is 9.28. The van der Waals surface area contributed by atoms with Crippen molar-refractivity contribution < 1.29 is 20.4 Å². The van der Waals surface area contributed by atoms with Gasteiger partial charge in [0.2, 0.25) is 0 Å². The second kappa shape index (κ2) is 3.73. The molecule has 0 radical (unpaired) electrons. The van der Waals surface area contributed by atoms with Gasteiger partial charge in [-0.3, -0.25) is 0 Å². The van der Waals surface area contributed by atoms with Crippen LogP contribution in [0.25, 0.3) is 0 Å². The van der Waals surface area contributed by atoms with Crippen LogP contribution in [0.15, 0.2) is 0 Å². The summed E-state index contributed by atoms with van der Waals surface area (Å²) >= 11 is 1.28. The van der Waals surface area contributed by atoms with Crippen LogP contribution in [0.5, 0.6) is 0 Å². The summed E-state index contributed by atoms with van der Waals surface area (Å²) in [4.78, 5) is 0.